The van der Waals surface area contributed by atoms with E-state index in [1.807, 2.05) is 6.20 Å². The first-order valence-electron chi connectivity index (χ1n) is 7.89. The fourth-order valence-electron chi connectivity index (χ4n) is 5.53. The molecule has 4 bridgehead atoms. The van der Waals surface area contributed by atoms with Gasteiger partial charge in [0.15, 0.2) is 0 Å². The van der Waals surface area contributed by atoms with Gasteiger partial charge in [0.05, 0.1) is 6.42 Å². The Bertz CT molecular complexity index is 499. The number of aliphatic carboxylic acids is 1. The standard InChI is InChI=1S/C16H22N2O2/c19-15(20)2-1-14-17-3-4-18(14)16-8-11-5-12(9-16)7-13(6-11)10-16/h3-4,11-13H,1-2,5-10H2,(H,19,20). The summed E-state index contributed by atoms with van der Waals surface area (Å²) in [4.78, 5) is 15.3. The van der Waals surface area contributed by atoms with Crippen LogP contribution in [0.2, 0.25) is 0 Å². The molecule has 20 heavy (non-hydrogen) atoms. The average Bonchev–Trinajstić information content (AvgIpc) is 2.83. The molecule has 0 aliphatic heterocycles. The van der Waals surface area contributed by atoms with Gasteiger partial charge in [0.1, 0.15) is 5.82 Å². The maximum atomic E-state index is 10.8. The lowest BCUT2D eigenvalue weighted by molar-refractivity contribution is -0.137. The van der Waals surface area contributed by atoms with Crippen LogP contribution in [0.5, 0.6) is 0 Å². The first-order valence-corrected chi connectivity index (χ1v) is 7.89. The Hall–Kier alpha value is -1.32. The molecule has 108 valence electrons. The Balaban J connectivity index is 1.64. The number of imidazole rings is 1. The molecular formula is C16H22N2O2. The van der Waals surface area contributed by atoms with Gasteiger partial charge in [-0.3, -0.25) is 4.79 Å². The normalized spacial score (nSPS) is 38.3. The Morgan fingerprint density at radius 3 is 2.40 bits per heavy atom. The van der Waals surface area contributed by atoms with Gasteiger partial charge in [0.2, 0.25) is 0 Å². The molecule has 0 amide bonds. The average molecular weight is 274 g/mol. The summed E-state index contributed by atoms with van der Waals surface area (Å²) >= 11 is 0. The summed E-state index contributed by atoms with van der Waals surface area (Å²) in [5.74, 6) is 2.95. The second-order valence-corrected chi connectivity index (χ2v) is 7.25. The summed E-state index contributed by atoms with van der Waals surface area (Å²) in [6.45, 7) is 0. The van der Waals surface area contributed by atoms with E-state index in [2.05, 4.69) is 15.7 Å². The van der Waals surface area contributed by atoms with Gasteiger partial charge in [0, 0.05) is 24.4 Å². The summed E-state index contributed by atoms with van der Waals surface area (Å²) in [6, 6.07) is 0. The zero-order chi connectivity index (χ0) is 13.7. The van der Waals surface area contributed by atoms with Gasteiger partial charge in [-0.1, -0.05) is 0 Å². The molecule has 4 fully saturated rings. The number of hydrogen-bond donors (Lipinski definition) is 1. The van der Waals surface area contributed by atoms with E-state index in [0.29, 0.717) is 6.42 Å². The van der Waals surface area contributed by atoms with E-state index in [0.717, 1.165) is 23.6 Å². The minimum Gasteiger partial charge on any atom is -0.481 e. The van der Waals surface area contributed by atoms with Crippen LogP contribution in [0.25, 0.3) is 0 Å². The molecule has 4 saturated carbocycles. The highest BCUT2D eigenvalue weighted by Gasteiger charge is 2.52. The third-order valence-electron chi connectivity index (χ3n) is 5.80. The third kappa shape index (κ3) is 1.88. The third-order valence-corrected chi connectivity index (χ3v) is 5.80. The van der Waals surface area contributed by atoms with Crippen LogP contribution in [0, 0.1) is 17.8 Å². The molecule has 0 aromatic carbocycles. The molecular weight excluding hydrogens is 252 g/mol. The van der Waals surface area contributed by atoms with E-state index in [1.54, 1.807) is 0 Å². The first kappa shape index (κ1) is 12.4. The van der Waals surface area contributed by atoms with E-state index < -0.39 is 5.97 Å². The fourth-order valence-corrected chi connectivity index (χ4v) is 5.53. The van der Waals surface area contributed by atoms with Crippen molar-refractivity contribution in [1.82, 2.24) is 9.55 Å². The van der Waals surface area contributed by atoms with Crippen LogP contribution >= 0.6 is 0 Å². The second-order valence-electron chi connectivity index (χ2n) is 7.25. The lowest BCUT2D eigenvalue weighted by Crippen LogP contribution is -2.52. The number of carbonyl (C=O) groups is 1. The SMILES string of the molecule is O=C(O)CCc1nccn1C12CC3CC(CC(C3)C1)C2. The number of nitrogens with zero attached hydrogens (tertiary/aromatic N) is 2. The van der Waals surface area contributed by atoms with Crippen LogP contribution in [0.4, 0.5) is 0 Å². The predicted molar refractivity (Wildman–Crippen MR) is 74.3 cm³/mol. The van der Waals surface area contributed by atoms with E-state index in [-0.39, 0.29) is 12.0 Å². The monoisotopic (exact) mass is 274 g/mol. The summed E-state index contributed by atoms with van der Waals surface area (Å²) in [6.07, 6.45) is 12.9. The molecule has 0 atom stereocenters. The van der Waals surface area contributed by atoms with E-state index >= 15 is 0 Å². The van der Waals surface area contributed by atoms with Crippen molar-refractivity contribution in [2.75, 3.05) is 0 Å². The van der Waals surface area contributed by atoms with E-state index in [4.69, 9.17) is 5.11 Å². The van der Waals surface area contributed by atoms with Crippen molar-refractivity contribution in [3.05, 3.63) is 18.2 Å². The summed E-state index contributed by atoms with van der Waals surface area (Å²) in [7, 11) is 0. The molecule has 4 heteroatoms. The number of rotatable bonds is 4. The number of aromatic nitrogens is 2. The van der Waals surface area contributed by atoms with Crippen molar-refractivity contribution in [3.8, 4) is 0 Å². The quantitative estimate of drug-likeness (QED) is 0.918. The lowest BCUT2D eigenvalue weighted by atomic mass is 9.53. The molecule has 1 aromatic rings. The topological polar surface area (TPSA) is 55.1 Å². The van der Waals surface area contributed by atoms with Gasteiger partial charge < -0.3 is 9.67 Å². The van der Waals surface area contributed by atoms with Gasteiger partial charge in [-0.2, -0.15) is 0 Å². The first-order chi connectivity index (χ1) is 9.64. The molecule has 1 aromatic heterocycles. The second kappa shape index (κ2) is 4.34. The van der Waals surface area contributed by atoms with Crippen molar-refractivity contribution in [1.29, 1.82) is 0 Å². The van der Waals surface area contributed by atoms with Crippen molar-refractivity contribution in [2.45, 2.75) is 56.9 Å². The molecule has 4 aliphatic rings. The van der Waals surface area contributed by atoms with Crippen molar-refractivity contribution in [3.63, 3.8) is 0 Å². The smallest absolute Gasteiger partial charge is 0.303 e. The number of aryl methyl sites for hydroxylation is 1. The minimum atomic E-state index is -0.731. The van der Waals surface area contributed by atoms with Crippen LogP contribution in [0.3, 0.4) is 0 Å². The van der Waals surface area contributed by atoms with Crippen LogP contribution in [-0.2, 0) is 16.8 Å². The van der Waals surface area contributed by atoms with Crippen LogP contribution in [-0.4, -0.2) is 20.6 Å². The molecule has 1 heterocycles. The number of hydrogen-bond acceptors (Lipinski definition) is 2. The molecule has 4 aliphatic carbocycles. The van der Waals surface area contributed by atoms with Crippen molar-refractivity contribution < 1.29 is 9.90 Å². The molecule has 0 spiro atoms. The summed E-state index contributed by atoms with van der Waals surface area (Å²) in [5.41, 5.74) is 0.263. The molecule has 4 nitrogen and oxygen atoms in total. The van der Waals surface area contributed by atoms with Crippen LogP contribution in [0.1, 0.15) is 50.8 Å². The van der Waals surface area contributed by atoms with Gasteiger partial charge >= 0.3 is 5.97 Å². The Kier molecular flexibility index (Phi) is 2.69. The molecule has 0 unspecified atom stereocenters. The molecule has 5 rings (SSSR count). The zero-order valence-corrected chi connectivity index (χ0v) is 11.8. The largest absolute Gasteiger partial charge is 0.481 e. The van der Waals surface area contributed by atoms with Gasteiger partial charge in [0.25, 0.3) is 0 Å². The summed E-state index contributed by atoms with van der Waals surface area (Å²) in [5, 5.41) is 8.90. The minimum absolute atomic E-state index is 0.184. The van der Waals surface area contributed by atoms with Gasteiger partial charge in [-0.15, -0.1) is 0 Å². The van der Waals surface area contributed by atoms with Gasteiger partial charge in [-0.05, 0) is 56.3 Å². The maximum absolute atomic E-state index is 10.8. The van der Waals surface area contributed by atoms with E-state index in [1.165, 1.54) is 38.5 Å². The Labute approximate surface area is 119 Å². The van der Waals surface area contributed by atoms with Crippen molar-refractivity contribution in [2.24, 2.45) is 17.8 Å². The zero-order valence-electron chi connectivity index (χ0n) is 11.8. The Morgan fingerprint density at radius 1 is 1.25 bits per heavy atom. The number of carboxylic acids is 1. The van der Waals surface area contributed by atoms with Gasteiger partial charge in [-0.25, -0.2) is 4.98 Å². The predicted octanol–water partition coefficient (Wildman–Crippen LogP) is 2.83. The highest BCUT2D eigenvalue weighted by Crippen LogP contribution is 2.59. The lowest BCUT2D eigenvalue weighted by Gasteiger charge is -2.57. The Morgan fingerprint density at radius 2 is 1.85 bits per heavy atom. The number of carboxylic acid groups (broad SMARTS) is 1. The summed E-state index contributed by atoms with van der Waals surface area (Å²) < 4.78 is 2.36. The van der Waals surface area contributed by atoms with E-state index in [9.17, 15) is 4.79 Å². The fraction of sp³-hybridized carbons (Fsp3) is 0.750. The maximum Gasteiger partial charge on any atom is 0.303 e. The van der Waals surface area contributed by atoms with Crippen LogP contribution in [0.15, 0.2) is 12.4 Å². The molecule has 0 radical (unpaired) electrons. The van der Waals surface area contributed by atoms with Crippen molar-refractivity contribution >= 4 is 5.97 Å². The highest BCUT2D eigenvalue weighted by molar-refractivity contribution is 5.66. The molecule has 0 saturated heterocycles. The molecule has 1 N–H and O–H groups in total. The van der Waals surface area contributed by atoms with Crippen LogP contribution < -0.4 is 0 Å². The highest BCUT2D eigenvalue weighted by atomic mass is 16.4.